The Hall–Kier alpha value is -2.14. The van der Waals surface area contributed by atoms with Gasteiger partial charge in [0.15, 0.2) is 0 Å². The van der Waals surface area contributed by atoms with Crippen molar-refractivity contribution in [2.75, 3.05) is 0 Å². The van der Waals surface area contributed by atoms with Gasteiger partial charge in [0.1, 0.15) is 0 Å². The molecule has 0 unspecified atom stereocenters. The number of thiophene rings is 1. The summed E-state index contributed by atoms with van der Waals surface area (Å²) in [7, 11) is 0. The number of benzene rings is 1. The Labute approximate surface area is 153 Å². The van der Waals surface area contributed by atoms with Gasteiger partial charge in [0.2, 0.25) is 11.8 Å². The predicted molar refractivity (Wildman–Crippen MR) is 103 cm³/mol. The van der Waals surface area contributed by atoms with E-state index in [2.05, 4.69) is 48.7 Å². The molecule has 0 fully saturated rings. The van der Waals surface area contributed by atoms with Crippen LogP contribution in [0.4, 0.5) is 0 Å². The van der Waals surface area contributed by atoms with Crippen LogP contribution in [0.15, 0.2) is 41.8 Å². The topological polar surface area (TPSA) is 58.2 Å². The molecular formula is C20H26N2O2S. The van der Waals surface area contributed by atoms with Crippen LogP contribution < -0.4 is 10.6 Å². The van der Waals surface area contributed by atoms with Crippen molar-refractivity contribution in [1.29, 1.82) is 0 Å². The first kappa shape index (κ1) is 19.2. The first-order valence-electron chi connectivity index (χ1n) is 8.56. The maximum absolute atomic E-state index is 12.4. The van der Waals surface area contributed by atoms with E-state index in [-0.39, 0.29) is 30.3 Å². The van der Waals surface area contributed by atoms with Gasteiger partial charge in [0.25, 0.3) is 0 Å². The number of nitrogens with one attached hydrogen (secondary N) is 2. The highest BCUT2D eigenvalue weighted by Crippen LogP contribution is 2.23. The second kappa shape index (κ2) is 8.81. The normalized spacial score (nSPS) is 13.3. The molecule has 2 atom stereocenters. The SMILES string of the molecule is CC(=O)N[C@@H](CC(=O)N[C@@H](C)c1ccc(C(C)C)cc1)c1cccs1. The molecular weight excluding hydrogens is 332 g/mol. The van der Waals surface area contributed by atoms with Crippen molar-refractivity contribution in [2.45, 2.75) is 52.1 Å². The maximum Gasteiger partial charge on any atom is 0.222 e. The molecule has 0 bridgehead atoms. The summed E-state index contributed by atoms with van der Waals surface area (Å²) in [5.41, 5.74) is 2.36. The number of hydrogen-bond acceptors (Lipinski definition) is 3. The van der Waals surface area contributed by atoms with Crippen molar-refractivity contribution in [3.63, 3.8) is 0 Å². The quantitative estimate of drug-likeness (QED) is 0.774. The molecule has 1 aromatic heterocycles. The molecule has 1 aromatic carbocycles. The lowest BCUT2D eigenvalue weighted by Crippen LogP contribution is -2.33. The Kier molecular flexibility index (Phi) is 6.76. The second-order valence-corrected chi connectivity index (χ2v) is 7.56. The lowest BCUT2D eigenvalue weighted by Gasteiger charge is -2.19. The predicted octanol–water partition coefficient (Wildman–Crippen LogP) is 4.32. The summed E-state index contributed by atoms with van der Waals surface area (Å²) >= 11 is 1.54. The van der Waals surface area contributed by atoms with E-state index in [1.54, 1.807) is 0 Å². The van der Waals surface area contributed by atoms with Gasteiger partial charge in [-0.2, -0.15) is 0 Å². The van der Waals surface area contributed by atoms with E-state index >= 15 is 0 Å². The zero-order chi connectivity index (χ0) is 18.4. The van der Waals surface area contributed by atoms with E-state index in [0.717, 1.165) is 10.4 Å². The zero-order valence-corrected chi connectivity index (χ0v) is 16.0. The first-order valence-corrected chi connectivity index (χ1v) is 9.44. The average molecular weight is 359 g/mol. The lowest BCUT2D eigenvalue weighted by atomic mass is 9.99. The van der Waals surface area contributed by atoms with Gasteiger partial charge in [-0.05, 0) is 35.4 Å². The number of amides is 2. The summed E-state index contributed by atoms with van der Waals surface area (Å²) in [5, 5.41) is 7.83. The van der Waals surface area contributed by atoms with Crippen LogP contribution in [0, 0.1) is 0 Å². The Morgan fingerprint density at radius 3 is 2.16 bits per heavy atom. The number of carbonyl (C=O) groups is 2. The minimum absolute atomic E-state index is 0.0740. The fraction of sp³-hybridized carbons (Fsp3) is 0.400. The minimum Gasteiger partial charge on any atom is -0.350 e. The standard InChI is InChI=1S/C20H26N2O2S/c1-13(2)16-7-9-17(10-8-16)14(3)21-20(24)12-18(22-15(4)23)19-6-5-11-25-19/h5-11,13-14,18H,12H2,1-4H3,(H,21,24)(H,22,23)/t14-,18-/m0/s1. The molecule has 5 heteroatoms. The molecule has 1 heterocycles. The molecule has 0 radical (unpaired) electrons. The maximum atomic E-state index is 12.4. The molecule has 134 valence electrons. The van der Waals surface area contributed by atoms with Crippen molar-refractivity contribution in [3.05, 3.63) is 57.8 Å². The summed E-state index contributed by atoms with van der Waals surface area (Å²) in [6, 6.07) is 11.8. The molecule has 0 aliphatic heterocycles. The lowest BCUT2D eigenvalue weighted by molar-refractivity contribution is -0.123. The monoisotopic (exact) mass is 358 g/mol. The van der Waals surface area contributed by atoms with Crippen molar-refractivity contribution in [3.8, 4) is 0 Å². The molecule has 0 aliphatic carbocycles. The minimum atomic E-state index is -0.284. The molecule has 2 amide bonds. The molecule has 0 saturated heterocycles. The van der Waals surface area contributed by atoms with Crippen LogP contribution in [-0.4, -0.2) is 11.8 Å². The van der Waals surface area contributed by atoms with Crippen LogP contribution >= 0.6 is 11.3 Å². The molecule has 2 aromatic rings. The highest BCUT2D eigenvalue weighted by atomic mass is 32.1. The molecule has 4 nitrogen and oxygen atoms in total. The summed E-state index contributed by atoms with van der Waals surface area (Å²) in [4.78, 5) is 24.8. The fourth-order valence-electron chi connectivity index (χ4n) is 2.70. The first-order chi connectivity index (χ1) is 11.9. The van der Waals surface area contributed by atoms with E-state index in [1.807, 2.05) is 24.4 Å². The zero-order valence-electron chi connectivity index (χ0n) is 15.2. The van der Waals surface area contributed by atoms with Gasteiger partial charge in [0.05, 0.1) is 18.5 Å². The van der Waals surface area contributed by atoms with Gasteiger partial charge in [-0.1, -0.05) is 44.2 Å². The number of hydrogen-bond donors (Lipinski definition) is 2. The van der Waals surface area contributed by atoms with E-state index in [1.165, 1.54) is 23.8 Å². The largest absolute Gasteiger partial charge is 0.350 e. The highest BCUT2D eigenvalue weighted by molar-refractivity contribution is 7.10. The molecule has 2 N–H and O–H groups in total. The van der Waals surface area contributed by atoms with Crippen molar-refractivity contribution < 1.29 is 9.59 Å². The van der Waals surface area contributed by atoms with Crippen LogP contribution in [0.3, 0.4) is 0 Å². The molecule has 0 saturated carbocycles. The molecule has 0 spiro atoms. The number of rotatable bonds is 7. The summed E-state index contributed by atoms with van der Waals surface area (Å²) in [6.07, 6.45) is 0.231. The smallest absolute Gasteiger partial charge is 0.222 e. The Morgan fingerprint density at radius 1 is 1.00 bits per heavy atom. The molecule has 2 rings (SSSR count). The highest BCUT2D eigenvalue weighted by Gasteiger charge is 2.19. The summed E-state index contributed by atoms with van der Waals surface area (Å²) in [6.45, 7) is 7.76. The van der Waals surface area contributed by atoms with Gasteiger partial charge in [0, 0.05) is 11.8 Å². The Morgan fingerprint density at radius 2 is 1.64 bits per heavy atom. The Bertz CT molecular complexity index is 693. The third-order valence-electron chi connectivity index (χ3n) is 4.13. The van der Waals surface area contributed by atoms with E-state index < -0.39 is 0 Å². The number of carbonyl (C=O) groups excluding carboxylic acids is 2. The summed E-state index contributed by atoms with van der Waals surface area (Å²) in [5.74, 6) is 0.277. The van der Waals surface area contributed by atoms with Gasteiger partial charge < -0.3 is 10.6 Å². The molecule has 25 heavy (non-hydrogen) atoms. The van der Waals surface area contributed by atoms with Crippen LogP contribution in [0.25, 0.3) is 0 Å². The van der Waals surface area contributed by atoms with Gasteiger partial charge in [-0.25, -0.2) is 0 Å². The van der Waals surface area contributed by atoms with Crippen molar-refractivity contribution in [2.24, 2.45) is 0 Å². The Balaban J connectivity index is 1.98. The van der Waals surface area contributed by atoms with Crippen molar-refractivity contribution >= 4 is 23.2 Å². The molecule has 0 aliphatic rings. The van der Waals surface area contributed by atoms with E-state index in [4.69, 9.17) is 0 Å². The third kappa shape index (κ3) is 5.71. The summed E-state index contributed by atoms with van der Waals surface area (Å²) < 4.78 is 0. The average Bonchev–Trinajstić information content (AvgIpc) is 3.08. The van der Waals surface area contributed by atoms with Crippen molar-refractivity contribution in [1.82, 2.24) is 10.6 Å². The fourth-order valence-corrected chi connectivity index (χ4v) is 3.47. The van der Waals surface area contributed by atoms with Gasteiger partial charge >= 0.3 is 0 Å². The van der Waals surface area contributed by atoms with Crippen LogP contribution in [0.2, 0.25) is 0 Å². The van der Waals surface area contributed by atoms with Crippen LogP contribution in [-0.2, 0) is 9.59 Å². The van der Waals surface area contributed by atoms with E-state index in [9.17, 15) is 9.59 Å². The third-order valence-corrected chi connectivity index (χ3v) is 5.12. The van der Waals surface area contributed by atoms with E-state index in [0.29, 0.717) is 5.92 Å². The van der Waals surface area contributed by atoms with Crippen LogP contribution in [0.5, 0.6) is 0 Å². The van der Waals surface area contributed by atoms with Gasteiger partial charge in [-0.3, -0.25) is 9.59 Å². The second-order valence-electron chi connectivity index (χ2n) is 6.58. The van der Waals surface area contributed by atoms with Gasteiger partial charge in [-0.15, -0.1) is 11.3 Å². The van der Waals surface area contributed by atoms with Crippen LogP contribution in [0.1, 0.15) is 68.1 Å².